The lowest BCUT2D eigenvalue weighted by atomic mass is 10.0. The van der Waals surface area contributed by atoms with Gasteiger partial charge in [0.05, 0.1) is 23.9 Å². The van der Waals surface area contributed by atoms with Gasteiger partial charge in [-0.25, -0.2) is 4.79 Å². The van der Waals surface area contributed by atoms with Gasteiger partial charge < -0.3 is 15.5 Å². The van der Waals surface area contributed by atoms with Crippen molar-refractivity contribution in [3.8, 4) is 0 Å². The number of hydrogen-bond donors (Lipinski definition) is 2. The van der Waals surface area contributed by atoms with Crippen LogP contribution in [0.2, 0.25) is 0 Å². The van der Waals surface area contributed by atoms with Crippen LogP contribution < -0.4 is 10.6 Å². The summed E-state index contributed by atoms with van der Waals surface area (Å²) in [5, 5.41) is 7.58. The van der Waals surface area contributed by atoms with Crippen LogP contribution in [0.15, 0.2) is 28.8 Å². The third-order valence-electron chi connectivity index (χ3n) is 3.43. The highest BCUT2D eigenvalue weighted by molar-refractivity contribution is 7.10. The molecule has 0 saturated heterocycles. The zero-order valence-corrected chi connectivity index (χ0v) is 12.3. The van der Waals surface area contributed by atoms with Crippen LogP contribution in [0.25, 0.3) is 0 Å². The van der Waals surface area contributed by atoms with E-state index in [-0.39, 0.29) is 18.0 Å². The molecule has 5 nitrogen and oxygen atoms in total. The average Bonchev–Trinajstić information content (AvgIpc) is 2.98. The van der Waals surface area contributed by atoms with Crippen LogP contribution in [0, 0.1) is 5.92 Å². The third-order valence-corrected chi connectivity index (χ3v) is 4.37. The fraction of sp³-hybridized carbons (Fsp3) is 0.429. The zero-order valence-electron chi connectivity index (χ0n) is 11.5. The largest absolute Gasteiger partial charge is 0.333 e. The van der Waals surface area contributed by atoms with Gasteiger partial charge in [0.2, 0.25) is 0 Å². The van der Waals surface area contributed by atoms with Crippen molar-refractivity contribution in [2.75, 3.05) is 13.1 Å². The zero-order chi connectivity index (χ0) is 14.3. The molecular formula is C14H17N3O2S. The average molecular weight is 291 g/mol. The van der Waals surface area contributed by atoms with Crippen LogP contribution in [0.1, 0.15) is 24.8 Å². The van der Waals surface area contributed by atoms with E-state index in [0.717, 1.165) is 10.6 Å². The summed E-state index contributed by atoms with van der Waals surface area (Å²) >= 11 is 1.55. The van der Waals surface area contributed by atoms with Crippen LogP contribution in [0.5, 0.6) is 0 Å². The molecule has 1 atom stereocenters. The van der Waals surface area contributed by atoms with E-state index in [2.05, 4.69) is 24.5 Å². The SMILES string of the molecule is CC(C)CN1CC2=C(C1=O)[C@@H](c1cccs1)NC(=O)N2. The van der Waals surface area contributed by atoms with Crippen molar-refractivity contribution in [3.05, 3.63) is 33.7 Å². The first kappa shape index (κ1) is 13.2. The van der Waals surface area contributed by atoms with E-state index < -0.39 is 0 Å². The van der Waals surface area contributed by atoms with E-state index in [1.807, 2.05) is 22.4 Å². The Bertz CT molecular complexity index is 577. The molecule has 1 aromatic rings. The Morgan fingerprint density at radius 3 is 2.90 bits per heavy atom. The summed E-state index contributed by atoms with van der Waals surface area (Å²) in [6.07, 6.45) is 0. The number of rotatable bonds is 3. The Morgan fingerprint density at radius 2 is 2.25 bits per heavy atom. The number of carbonyl (C=O) groups is 2. The summed E-state index contributed by atoms with van der Waals surface area (Å²) < 4.78 is 0. The number of hydrogen-bond acceptors (Lipinski definition) is 3. The van der Waals surface area contributed by atoms with Crippen molar-refractivity contribution in [1.82, 2.24) is 15.5 Å². The molecule has 1 aromatic heterocycles. The van der Waals surface area contributed by atoms with Gasteiger partial charge in [-0.1, -0.05) is 19.9 Å². The second-order valence-electron chi connectivity index (χ2n) is 5.52. The summed E-state index contributed by atoms with van der Waals surface area (Å²) in [4.78, 5) is 27.1. The first-order valence-corrected chi connectivity index (χ1v) is 7.57. The van der Waals surface area contributed by atoms with Crippen molar-refractivity contribution >= 4 is 23.3 Å². The molecule has 0 radical (unpaired) electrons. The summed E-state index contributed by atoms with van der Waals surface area (Å²) in [6.45, 7) is 5.37. The predicted molar refractivity (Wildman–Crippen MR) is 77.2 cm³/mol. The van der Waals surface area contributed by atoms with Crippen molar-refractivity contribution < 1.29 is 9.59 Å². The second-order valence-corrected chi connectivity index (χ2v) is 6.50. The monoisotopic (exact) mass is 291 g/mol. The fourth-order valence-corrected chi connectivity index (χ4v) is 3.47. The van der Waals surface area contributed by atoms with Gasteiger partial charge in [-0.15, -0.1) is 11.3 Å². The first-order chi connectivity index (χ1) is 9.56. The van der Waals surface area contributed by atoms with Crippen molar-refractivity contribution in [3.63, 3.8) is 0 Å². The van der Waals surface area contributed by atoms with E-state index in [9.17, 15) is 9.59 Å². The minimum Gasteiger partial charge on any atom is -0.333 e. The van der Waals surface area contributed by atoms with Gasteiger partial charge in [-0.05, 0) is 17.4 Å². The highest BCUT2D eigenvalue weighted by Gasteiger charge is 2.40. The molecule has 0 saturated carbocycles. The molecular weight excluding hydrogens is 274 g/mol. The van der Waals surface area contributed by atoms with Gasteiger partial charge in [0, 0.05) is 11.4 Å². The molecule has 0 aromatic carbocycles. The Labute approximate surface area is 121 Å². The highest BCUT2D eigenvalue weighted by atomic mass is 32.1. The molecule has 6 heteroatoms. The van der Waals surface area contributed by atoms with E-state index in [1.165, 1.54) is 0 Å². The Kier molecular flexibility index (Phi) is 3.25. The van der Waals surface area contributed by atoms with Crippen LogP contribution in [0.4, 0.5) is 4.79 Å². The van der Waals surface area contributed by atoms with Gasteiger partial charge in [0.15, 0.2) is 0 Å². The lowest BCUT2D eigenvalue weighted by Gasteiger charge is -2.24. The Balaban J connectivity index is 1.92. The summed E-state index contributed by atoms with van der Waals surface area (Å²) in [7, 11) is 0. The van der Waals surface area contributed by atoms with Gasteiger partial charge >= 0.3 is 6.03 Å². The number of amides is 3. The molecule has 0 unspecified atom stereocenters. The molecule has 2 aliphatic heterocycles. The lowest BCUT2D eigenvalue weighted by Crippen LogP contribution is -2.44. The second kappa shape index (κ2) is 4.94. The van der Waals surface area contributed by atoms with Crippen LogP contribution in [0.3, 0.4) is 0 Å². The number of urea groups is 1. The molecule has 0 aliphatic carbocycles. The smallest absolute Gasteiger partial charge is 0.319 e. The molecule has 2 aliphatic rings. The van der Waals surface area contributed by atoms with Gasteiger partial charge in [0.25, 0.3) is 5.91 Å². The molecule has 3 rings (SSSR count). The molecule has 3 amide bonds. The van der Waals surface area contributed by atoms with Crippen LogP contribution >= 0.6 is 11.3 Å². The van der Waals surface area contributed by atoms with Crippen molar-refractivity contribution in [2.24, 2.45) is 5.92 Å². The quantitative estimate of drug-likeness (QED) is 0.893. The molecule has 0 spiro atoms. The maximum atomic E-state index is 12.6. The van der Waals surface area contributed by atoms with E-state index in [1.54, 1.807) is 11.3 Å². The highest BCUT2D eigenvalue weighted by Crippen LogP contribution is 2.34. The number of thiophene rings is 1. The molecule has 0 fully saturated rings. The van der Waals surface area contributed by atoms with Crippen molar-refractivity contribution in [1.29, 1.82) is 0 Å². The molecule has 20 heavy (non-hydrogen) atoms. The van der Waals surface area contributed by atoms with Crippen molar-refractivity contribution in [2.45, 2.75) is 19.9 Å². The molecule has 3 heterocycles. The number of nitrogens with zero attached hydrogens (tertiary/aromatic N) is 1. The van der Waals surface area contributed by atoms with E-state index in [4.69, 9.17) is 0 Å². The fourth-order valence-electron chi connectivity index (χ4n) is 2.69. The van der Waals surface area contributed by atoms with E-state index >= 15 is 0 Å². The summed E-state index contributed by atoms with van der Waals surface area (Å²) in [5.74, 6) is 0.434. The minimum absolute atomic E-state index is 0.0274. The molecule has 106 valence electrons. The number of carbonyl (C=O) groups excluding carboxylic acids is 2. The van der Waals surface area contributed by atoms with Gasteiger partial charge in [-0.3, -0.25) is 4.79 Å². The van der Waals surface area contributed by atoms with Gasteiger partial charge in [0.1, 0.15) is 0 Å². The topological polar surface area (TPSA) is 61.4 Å². The number of nitrogens with one attached hydrogen (secondary N) is 2. The summed E-state index contributed by atoms with van der Waals surface area (Å²) in [5.41, 5.74) is 1.44. The summed E-state index contributed by atoms with van der Waals surface area (Å²) in [6, 6.07) is 3.33. The minimum atomic E-state index is -0.316. The van der Waals surface area contributed by atoms with E-state index in [0.29, 0.717) is 24.6 Å². The molecule has 2 N–H and O–H groups in total. The van der Waals surface area contributed by atoms with Crippen LogP contribution in [-0.4, -0.2) is 29.9 Å². The van der Waals surface area contributed by atoms with Crippen LogP contribution in [-0.2, 0) is 4.79 Å². The normalized spacial score (nSPS) is 22.1. The maximum Gasteiger partial charge on any atom is 0.319 e. The molecule has 0 bridgehead atoms. The predicted octanol–water partition coefficient (Wildman–Crippen LogP) is 1.85. The van der Waals surface area contributed by atoms with Gasteiger partial charge in [-0.2, -0.15) is 0 Å². The first-order valence-electron chi connectivity index (χ1n) is 6.69. The maximum absolute atomic E-state index is 12.6. The standard InChI is InChI=1S/C14H17N3O2S/c1-8(2)6-17-7-9-11(13(17)18)12(16-14(19)15-9)10-4-3-5-20-10/h3-5,8,12H,6-7H2,1-2H3,(H2,15,16,19)/t12-/m1/s1. The lowest BCUT2D eigenvalue weighted by molar-refractivity contribution is -0.126. The third kappa shape index (κ3) is 2.20. The Morgan fingerprint density at radius 1 is 1.45 bits per heavy atom. The Hall–Kier alpha value is -1.82.